The number of hydrogen-bond donors (Lipinski definition) is 2. The number of rotatable bonds is 8. The fourth-order valence-electron chi connectivity index (χ4n) is 2.11. The summed E-state index contributed by atoms with van der Waals surface area (Å²) in [5.74, 6) is -1.26. The number of benzene rings is 1. The van der Waals surface area contributed by atoms with Crippen LogP contribution in [0.15, 0.2) is 18.2 Å². The Labute approximate surface area is 118 Å². The van der Waals surface area contributed by atoms with Crippen LogP contribution in [0.2, 0.25) is 0 Å². The average Bonchev–Trinajstić information content (AvgIpc) is 2.41. The van der Waals surface area contributed by atoms with Gasteiger partial charge in [-0.05, 0) is 37.0 Å². The molecule has 0 bridgehead atoms. The van der Waals surface area contributed by atoms with Crippen molar-refractivity contribution in [2.45, 2.75) is 32.6 Å². The number of carbonyl (C=O) groups excluding carboxylic acids is 1. The van der Waals surface area contributed by atoms with Crippen LogP contribution in [-0.4, -0.2) is 24.2 Å². The minimum atomic E-state index is -0.581. The number of hydrogen-bond acceptors (Lipinski definition) is 2. The molecule has 0 aromatic heterocycles. The standard InChI is InChI=1S/C15H21F2NO2/c1-2-3-11(6-7-19)10-18-15(20)9-12-8-13(16)4-5-14(12)17/h4-5,8,11,19H,2-3,6-7,9-10H2,1H3,(H,18,20). The zero-order valence-electron chi connectivity index (χ0n) is 11.7. The van der Waals surface area contributed by atoms with Crippen molar-refractivity contribution in [3.63, 3.8) is 0 Å². The molecule has 112 valence electrons. The largest absolute Gasteiger partial charge is 0.396 e. The van der Waals surface area contributed by atoms with Gasteiger partial charge in [-0.3, -0.25) is 4.79 Å². The van der Waals surface area contributed by atoms with Crippen LogP contribution in [-0.2, 0) is 11.2 Å². The third-order valence-electron chi connectivity index (χ3n) is 3.18. The summed E-state index contributed by atoms with van der Waals surface area (Å²) >= 11 is 0. The maximum atomic E-state index is 13.4. The molecule has 20 heavy (non-hydrogen) atoms. The average molecular weight is 285 g/mol. The van der Waals surface area contributed by atoms with Crippen molar-refractivity contribution in [3.8, 4) is 0 Å². The molecular weight excluding hydrogens is 264 g/mol. The van der Waals surface area contributed by atoms with Crippen LogP contribution in [0.25, 0.3) is 0 Å². The van der Waals surface area contributed by atoms with Crippen LogP contribution in [0.5, 0.6) is 0 Å². The van der Waals surface area contributed by atoms with Gasteiger partial charge in [0.2, 0.25) is 5.91 Å². The van der Waals surface area contributed by atoms with Crippen molar-refractivity contribution < 1.29 is 18.7 Å². The van der Waals surface area contributed by atoms with E-state index in [-0.39, 0.29) is 30.4 Å². The van der Waals surface area contributed by atoms with Gasteiger partial charge in [-0.1, -0.05) is 13.3 Å². The van der Waals surface area contributed by atoms with Gasteiger partial charge in [-0.2, -0.15) is 0 Å². The molecule has 1 atom stereocenters. The highest BCUT2D eigenvalue weighted by Gasteiger charge is 2.12. The zero-order chi connectivity index (χ0) is 15.0. The Morgan fingerprint density at radius 1 is 1.35 bits per heavy atom. The van der Waals surface area contributed by atoms with Gasteiger partial charge in [0.05, 0.1) is 6.42 Å². The lowest BCUT2D eigenvalue weighted by Crippen LogP contribution is -2.31. The molecule has 0 heterocycles. The minimum Gasteiger partial charge on any atom is -0.396 e. The third kappa shape index (κ3) is 5.65. The fourth-order valence-corrected chi connectivity index (χ4v) is 2.11. The van der Waals surface area contributed by atoms with Gasteiger partial charge >= 0.3 is 0 Å². The highest BCUT2D eigenvalue weighted by Crippen LogP contribution is 2.12. The van der Waals surface area contributed by atoms with Crippen LogP contribution in [0.1, 0.15) is 31.7 Å². The van der Waals surface area contributed by atoms with E-state index in [1.54, 1.807) is 0 Å². The van der Waals surface area contributed by atoms with Gasteiger partial charge in [0, 0.05) is 18.7 Å². The van der Waals surface area contributed by atoms with E-state index in [2.05, 4.69) is 5.32 Å². The molecule has 0 aliphatic heterocycles. The molecule has 0 saturated heterocycles. The number of amides is 1. The Morgan fingerprint density at radius 2 is 2.10 bits per heavy atom. The molecule has 0 aliphatic rings. The second kappa shape index (κ2) is 8.64. The summed E-state index contributed by atoms with van der Waals surface area (Å²) in [5, 5.41) is 11.6. The summed E-state index contributed by atoms with van der Waals surface area (Å²) in [7, 11) is 0. The normalized spacial score (nSPS) is 12.2. The lowest BCUT2D eigenvalue weighted by molar-refractivity contribution is -0.120. The lowest BCUT2D eigenvalue weighted by Gasteiger charge is -2.15. The number of aliphatic hydroxyl groups excluding tert-OH is 1. The van der Waals surface area contributed by atoms with Crippen molar-refractivity contribution >= 4 is 5.91 Å². The quantitative estimate of drug-likeness (QED) is 0.770. The van der Waals surface area contributed by atoms with Crippen LogP contribution < -0.4 is 5.32 Å². The maximum absolute atomic E-state index is 13.4. The van der Waals surface area contributed by atoms with Crippen molar-refractivity contribution in [1.82, 2.24) is 5.32 Å². The molecular formula is C15H21F2NO2. The highest BCUT2D eigenvalue weighted by molar-refractivity contribution is 5.78. The van der Waals surface area contributed by atoms with Crippen molar-refractivity contribution in [3.05, 3.63) is 35.4 Å². The monoisotopic (exact) mass is 285 g/mol. The van der Waals surface area contributed by atoms with Crippen LogP contribution in [0, 0.1) is 17.6 Å². The molecule has 1 amide bonds. The molecule has 1 aromatic carbocycles. The molecule has 0 fully saturated rings. The minimum absolute atomic E-state index is 0.0525. The second-order valence-corrected chi connectivity index (χ2v) is 4.88. The summed E-state index contributed by atoms with van der Waals surface area (Å²) in [5.41, 5.74) is 0.0525. The van der Waals surface area contributed by atoms with Crippen molar-refractivity contribution in [1.29, 1.82) is 0 Å². The Bertz CT molecular complexity index is 432. The van der Waals surface area contributed by atoms with E-state index in [1.165, 1.54) is 0 Å². The second-order valence-electron chi connectivity index (χ2n) is 4.88. The van der Waals surface area contributed by atoms with Gasteiger partial charge in [0.25, 0.3) is 0 Å². The van der Waals surface area contributed by atoms with Gasteiger partial charge in [0.1, 0.15) is 11.6 Å². The van der Waals surface area contributed by atoms with Crippen molar-refractivity contribution in [2.24, 2.45) is 5.92 Å². The topological polar surface area (TPSA) is 49.3 Å². The Kier molecular flexibility index (Phi) is 7.15. The molecule has 2 N–H and O–H groups in total. The molecule has 0 radical (unpaired) electrons. The van der Waals surface area contributed by atoms with Gasteiger partial charge in [0.15, 0.2) is 0 Å². The summed E-state index contributed by atoms with van der Waals surface area (Å²) in [4.78, 5) is 11.7. The number of aliphatic hydroxyl groups is 1. The van der Waals surface area contributed by atoms with E-state index >= 15 is 0 Å². The number of nitrogens with one attached hydrogen (secondary N) is 1. The predicted molar refractivity (Wildman–Crippen MR) is 73.2 cm³/mol. The Hall–Kier alpha value is -1.49. The van der Waals surface area contributed by atoms with Crippen LogP contribution in [0.3, 0.4) is 0 Å². The number of carbonyl (C=O) groups is 1. The Balaban J connectivity index is 2.48. The molecule has 0 aliphatic carbocycles. The predicted octanol–water partition coefficient (Wildman–Crippen LogP) is 2.42. The van der Waals surface area contributed by atoms with E-state index in [4.69, 9.17) is 5.11 Å². The molecule has 1 unspecified atom stereocenters. The van der Waals surface area contributed by atoms with E-state index in [1.807, 2.05) is 6.92 Å². The first kappa shape index (κ1) is 16.6. The van der Waals surface area contributed by atoms with E-state index in [0.29, 0.717) is 13.0 Å². The molecule has 3 nitrogen and oxygen atoms in total. The lowest BCUT2D eigenvalue weighted by atomic mass is 10.00. The fraction of sp³-hybridized carbons (Fsp3) is 0.533. The van der Waals surface area contributed by atoms with E-state index in [0.717, 1.165) is 31.0 Å². The first-order valence-corrected chi connectivity index (χ1v) is 6.88. The number of halogens is 2. The summed E-state index contributed by atoms with van der Waals surface area (Å²) in [6.07, 6.45) is 2.33. The molecule has 1 aromatic rings. The molecule has 1 rings (SSSR count). The van der Waals surface area contributed by atoms with Gasteiger partial charge < -0.3 is 10.4 Å². The SMILES string of the molecule is CCCC(CCO)CNC(=O)Cc1cc(F)ccc1F. The van der Waals surface area contributed by atoms with Crippen molar-refractivity contribution in [2.75, 3.05) is 13.2 Å². The van der Waals surface area contributed by atoms with E-state index in [9.17, 15) is 13.6 Å². The molecule has 5 heteroatoms. The summed E-state index contributed by atoms with van der Waals surface area (Å²) < 4.78 is 26.4. The van der Waals surface area contributed by atoms with Crippen LogP contribution >= 0.6 is 0 Å². The zero-order valence-corrected chi connectivity index (χ0v) is 11.7. The Morgan fingerprint density at radius 3 is 2.75 bits per heavy atom. The molecule has 0 spiro atoms. The smallest absolute Gasteiger partial charge is 0.224 e. The first-order valence-electron chi connectivity index (χ1n) is 6.88. The molecule has 0 saturated carbocycles. The van der Waals surface area contributed by atoms with E-state index < -0.39 is 11.6 Å². The third-order valence-corrected chi connectivity index (χ3v) is 3.18. The highest BCUT2D eigenvalue weighted by atomic mass is 19.1. The van der Waals surface area contributed by atoms with Crippen LogP contribution in [0.4, 0.5) is 8.78 Å². The van der Waals surface area contributed by atoms with Gasteiger partial charge in [-0.25, -0.2) is 8.78 Å². The maximum Gasteiger partial charge on any atom is 0.224 e. The summed E-state index contributed by atoms with van der Waals surface area (Å²) in [6.45, 7) is 2.57. The summed E-state index contributed by atoms with van der Waals surface area (Å²) in [6, 6.07) is 3.07. The van der Waals surface area contributed by atoms with Gasteiger partial charge in [-0.15, -0.1) is 0 Å². The first-order chi connectivity index (χ1) is 9.56.